The van der Waals surface area contributed by atoms with Crippen LogP contribution in [0.25, 0.3) is 0 Å². The molecule has 2 fully saturated rings. The summed E-state index contributed by atoms with van der Waals surface area (Å²) >= 11 is 0. The molecule has 0 saturated carbocycles. The predicted octanol–water partition coefficient (Wildman–Crippen LogP) is 1.63. The quantitative estimate of drug-likeness (QED) is 0.504. The van der Waals surface area contributed by atoms with E-state index in [-0.39, 0.29) is 0 Å². The summed E-state index contributed by atoms with van der Waals surface area (Å²) in [6, 6.07) is 0.543. The molecule has 2 rings (SSSR count). The second kappa shape index (κ2) is 11.8. The number of morpholine rings is 1. The Morgan fingerprint density at radius 3 is 2.42 bits per heavy atom. The normalized spacial score (nSPS) is 22.6. The van der Waals surface area contributed by atoms with Crippen LogP contribution in [0, 0.1) is 11.8 Å². The lowest BCUT2D eigenvalue weighted by atomic mass is 9.99. The number of ether oxygens (including phenoxy) is 1. The number of rotatable bonds is 8. The van der Waals surface area contributed by atoms with E-state index in [0.29, 0.717) is 12.0 Å². The van der Waals surface area contributed by atoms with E-state index in [1.54, 1.807) is 0 Å². The summed E-state index contributed by atoms with van der Waals surface area (Å²) in [5, 5.41) is 7.05. The molecule has 2 heterocycles. The molecule has 0 aromatic heterocycles. The molecule has 6 heteroatoms. The van der Waals surface area contributed by atoms with Gasteiger partial charge in [-0.1, -0.05) is 20.8 Å². The maximum Gasteiger partial charge on any atom is 0.191 e. The molecule has 2 aliphatic heterocycles. The zero-order valence-electron chi connectivity index (χ0n) is 17.5. The molecule has 26 heavy (non-hydrogen) atoms. The molecule has 0 amide bonds. The van der Waals surface area contributed by atoms with Crippen molar-refractivity contribution in [2.45, 2.75) is 46.1 Å². The van der Waals surface area contributed by atoms with Gasteiger partial charge in [-0.25, -0.2) is 0 Å². The highest BCUT2D eigenvalue weighted by Gasteiger charge is 2.22. The highest BCUT2D eigenvalue weighted by Crippen LogP contribution is 2.15. The van der Waals surface area contributed by atoms with E-state index < -0.39 is 0 Å². The third-order valence-electron chi connectivity index (χ3n) is 5.63. The fourth-order valence-corrected chi connectivity index (χ4v) is 3.90. The molecular weight excluding hydrogens is 326 g/mol. The van der Waals surface area contributed by atoms with Crippen LogP contribution in [0.1, 0.15) is 40.0 Å². The van der Waals surface area contributed by atoms with Crippen molar-refractivity contribution in [3.05, 3.63) is 0 Å². The zero-order chi connectivity index (χ0) is 18.8. The number of nitrogens with one attached hydrogen (secondary N) is 2. The highest BCUT2D eigenvalue weighted by atomic mass is 16.5. The molecule has 0 aromatic rings. The molecule has 152 valence electrons. The fourth-order valence-electron chi connectivity index (χ4n) is 3.90. The highest BCUT2D eigenvalue weighted by molar-refractivity contribution is 5.79. The van der Waals surface area contributed by atoms with E-state index in [1.807, 2.05) is 7.05 Å². The van der Waals surface area contributed by atoms with E-state index >= 15 is 0 Å². The Labute approximate surface area is 160 Å². The second-order valence-corrected chi connectivity index (χ2v) is 8.34. The van der Waals surface area contributed by atoms with Gasteiger partial charge in [0.25, 0.3) is 0 Å². The lowest BCUT2D eigenvalue weighted by Crippen LogP contribution is -2.51. The van der Waals surface area contributed by atoms with Crippen LogP contribution >= 0.6 is 0 Å². The summed E-state index contributed by atoms with van der Waals surface area (Å²) in [6.45, 7) is 16.3. The van der Waals surface area contributed by atoms with Crippen molar-refractivity contribution in [3.63, 3.8) is 0 Å². The van der Waals surface area contributed by atoms with Crippen molar-refractivity contribution < 1.29 is 4.74 Å². The van der Waals surface area contributed by atoms with Gasteiger partial charge < -0.3 is 20.3 Å². The first kappa shape index (κ1) is 21.5. The molecule has 0 radical (unpaired) electrons. The molecule has 1 atom stereocenters. The fraction of sp³-hybridized carbons (Fsp3) is 0.950. The van der Waals surface area contributed by atoms with Crippen molar-refractivity contribution in [2.24, 2.45) is 16.8 Å². The SMILES string of the molecule is CN=C(NCCN1CCC(C)CC1)NCC(CC(C)C)N1CCOCC1. The first-order valence-corrected chi connectivity index (χ1v) is 10.6. The summed E-state index contributed by atoms with van der Waals surface area (Å²) in [7, 11) is 1.87. The van der Waals surface area contributed by atoms with Gasteiger partial charge in [0.1, 0.15) is 0 Å². The molecular formula is C20H41N5O. The van der Waals surface area contributed by atoms with Gasteiger partial charge in [0.05, 0.1) is 13.2 Å². The van der Waals surface area contributed by atoms with Crippen LogP contribution in [0.2, 0.25) is 0 Å². The van der Waals surface area contributed by atoms with E-state index in [9.17, 15) is 0 Å². The molecule has 2 saturated heterocycles. The standard InChI is InChI=1S/C20H41N5O/c1-17(2)15-19(25-11-13-26-14-12-25)16-23-20(21-4)22-7-10-24-8-5-18(3)6-9-24/h17-19H,5-16H2,1-4H3,(H2,21,22,23). The van der Waals surface area contributed by atoms with Gasteiger partial charge in [-0.05, 0) is 44.2 Å². The van der Waals surface area contributed by atoms with Gasteiger partial charge >= 0.3 is 0 Å². The Hall–Kier alpha value is -0.850. The summed E-state index contributed by atoms with van der Waals surface area (Å²) in [4.78, 5) is 9.54. The summed E-state index contributed by atoms with van der Waals surface area (Å²) in [6.07, 6.45) is 3.88. The van der Waals surface area contributed by atoms with Crippen LogP contribution in [0.3, 0.4) is 0 Å². The molecule has 0 spiro atoms. The van der Waals surface area contributed by atoms with Gasteiger partial charge in [-0.3, -0.25) is 9.89 Å². The summed E-state index contributed by atoms with van der Waals surface area (Å²) < 4.78 is 5.52. The van der Waals surface area contributed by atoms with Crippen LogP contribution in [0.5, 0.6) is 0 Å². The van der Waals surface area contributed by atoms with Crippen molar-refractivity contribution in [2.75, 3.05) is 66.1 Å². The van der Waals surface area contributed by atoms with Crippen molar-refractivity contribution in [1.29, 1.82) is 0 Å². The van der Waals surface area contributed by atoms with Crippen LogP contribution in [-0.2, 0) is 4.74 Å². The van der Waals surface area contributed by atoms with Gasteiger partial charge in [0.2, 0.25) is 0 Å². The molecule has 2 N–H and O–H groups in total. The lowest BCUT2D eigenvalue weighted by molar-refractivity contribution is 0.0132. The van der Waals surface area contributed by atoms with Crippen molar-refractivity contribution in [3.8, 4) is 0 Å². The van der Waals surface area contributed by atoms with Crippen LogP contribution in [0.15, 0.2) is 4.99 Å². The van der Waals surface area contributed by atoms with Crippen LogP contribution < -0.4 is 10.6 Å². The Balaban J connectivity index is 1.71. The first-order chi connectivity index (χ1) is 12.6. The zero-order valence-corrected chi connectivity index (χ0v) is 17.5. The largest absolute Gasteiger partial charge is 0.379 e. The van der Waals surface area contributed by atoms with E-state index in [1.165, 1.54) is 32.4 Å². The van der Waals surface area contributed by atoms with Crippen LogP contribution in [0.4, 0.5) is 0 Å². The second-order valence-electron chi connectivity index (χ2n) is 8.34. The van der Waals surface area contributed by atoms with E-state index in [2.05, 4.69) is 46.2 Å². The monoisotopic (exact) mass is 367 g/mol. The minimum atomic E-state index is 0.543. The smallest absolute Gasteiger partial charge is 0.191 e. The van der Waals surface area contributed by atoms with Gasteiger partial charge in [0.15, 0.2) is 5.96 Å². The molecule has 0 aromatic carbocycles. The minimum Gasteiger partial charge on any atom is -0.379 e. The maximum atomic E-state index is 5.52. The van der Waals surface area contributed by atoms with Crippen LogP contribution in [-0.4, -0.2) is 87.9 Å². The number of hydrogen-bond donors (Lipinski definition) is 2. The molecule has 2 aliphatic rings. The Kier molecular flexibility index (Phi) is 9.72. The van der Waals surface area contributed by atoms with E-state index in [0.717, 1.165) is 57.8 Å². The molecule has 0 aliphatic carbocycles. The average Bonchev–Trinajstić information content (AvgIpc) is 2.65. The number of aliphatic imine (C=N–C) groups is 1. The summed E-state index contributed by atoms with van der Waals surface area (Å²) in [5.74, 6) is 2.52. The number of likely N-dealkylation sites (tertiary alicyclic amines) is 1. The lowest BCUT2D eigenvalue weighted by Gasteiger charge is -2.36. The van der Waals surface area contributed by atoms with Gasteiger partial charge in [0, 0.05) is 45.8 Å². The maximum absolute atomic E-state index is 5.52. The third kappa shape index (κ3) is 7.80. The molecule has 1 unspecified atom stereocenters. The van der Waals surface area contributed by atoms with Gasteiger partial charge in [-0.2, -0.15) is 0 Å². The predicted molar refractivity (Wildman–Crippen MR) is 110 cm³/mol. The summed E-state index contributed by atoms with van der Waals surface area (Å²) in [5.41, 5.74) is 0. The minimum absolute atomic E-state index is 0.543. The van der Waals surface area contributed by atoms with Crippen molar-refractivity contribution >= 4 is 5.96 Å². The number of guanidine groups is 1. The Morgan fingerprint density at radius 1 is 1.12 bits per heavy atom. The van der Waals surface area contributed by atoms with E-state index in [4.69, 9.17) is 4.74 Å². The number of nitrogens with zero attached hydrogens (tertiary/aromatic N) is 3. The Bertz CT molecular complexity index is 401. The average molecular weight is 368 g/mol. The number of hydrogen-bond acceptors (Lipinski definition) is 4. The number of piperidine rings is 1. The van der Waals surface area contributed by atoms with Crippen molar-refractivity contribution in [1.82, 2.24) is 20.4 Å². The first-order valence-electron chi connectivity index (χ1n) is 10.6. The molecule has 0 bridgehead atoms. The third-order valence-corrected chi connectivity index (χ3v) is 5.63. The Morgan fingerprint density at radius 2 is 1.81 bits per heavy atom. The van der Waals surface area contributed by atoms with Gasteiger partial charge in [-0.15, -0.1) is 0 Å². The molecule has 6 nitrogen and oxygen atoms in total. The topological polar surface area (TPSA) is 52.1 Å².